The summed E-state index contributed by atoms with van der Waals surface area (Å²) in [4.78, 5) is 0. The molecule has 0 saturated heterocycles. The van der Waals surface area contributed by atoms with E-state index in [2.05, 4.69) is 6.92 Å². The van der Waals surface area contributed by atoms with Crippen LogP contribution in [-0.4, -0.2) is 22.3 Å². The first kappa shape index (κ1) is 7.52. The van der Waals surface area contributed by atoms with Gasteiger partial charge in [0.05, 0.1) is 0 Å². The molecule has 0 aliphatic heterocycles. The third-order valence-electron chi connectivity index (χ3n) is 0.675. The standard InChI is InChI=1S/C5H13AsN/c1-2-3-6-4-5-7/h6H,1-5,7H2. The summed E-state index contributed by atoms with van der Waals surface area (Å²) in [5.74, 6) is 0. The molecule has 0 aliphatic carbocycles. The second-order valence-corrected chi connectivity index (χ2v) is 4.54. The Kier molecular flexibility index (Phi) is 7.00. The molecule has 7 heavy (non-hydrogen) atoms. The minimum atomic E-state index is 0.326. The molecule has 0 fully saturated rings. The molecule has 0 aromatic rings. The first-order valence-electron chi connectivity index (χ1n) is 2.62. The average molecular weight is 162 g/mol. The van der Waals surface area contributed by atoms with Crippen LogP contribution in [0, 0.1) is 6.92 Å². The molecule has 1 atom stereocenters. The van der Waals surface area contributed by atoms with Crippen LogP contribution in [0.25, 0.3) is 0 Å². The van der Waals surface area contributed by atoms with Crippen molar-refractivity contribution in [2.45, 2.75) is 16.8 Å². The number of hydrogen-bond donors (Lipinski definition) is 1. The Balaban J connectivity index is 2.45. The maximum absolute atomic E-state index is 5.28. The van der Waals surface area contributed by atoms with Crippen LogP contribution in [0.3, 0.4) is 0 Å². The molecular formula is C5H13AsN. The molecule has 0 amide bonds. The summed E-state index contributed by atoms with van der Waals surface area (Å²) in [5.41, 5.74) is 5.28. The second-order valence-electron chi connectivity index (χ2n) is 1.39. The topological polar surface area (TPSA) is 26.0 Å². The van der Waals surface area contributed by atoms with Gasteiger partial charge in [-0.3, -0.25) is 0 Å². The Morgan fingerprint density at radius 1 is 1.43 bits per heavy atom. The molecule has 2 heteroatoms. The van der Waals surface area contributed by atoms with Crippen molar-refractivity contribution in [1.82, 2.24) is 0 Å². The fraction of sp³-hybridized carbons (Fsp3) is 0.800. The zero-order valence-electron chi connectivity index (χ0n) is 4.61. The first-order valence-corrected chi connectivity index (χ1v) is 5.58. The number of hydrogen-bond acceptors (Lipinski definition) is 1. The van der Waals surface area contributed by atoms with Crippen LogP contribution in [0.15, 0.2) is 0 Å². The summed E-state index contributed by atoms with van der Waals surface area (Å²) in [7, 11) is 0. The average Bonchev–Trinajstić information content (AvgIpc) is 1.69. The van der Waals surface area contributed by atoms with Gasteiger partial charge >= 0.3 is 51.8 Å². The van der Waals surface area contributed by atoms with Gasteiger partial charge in [-0.25, -0.2) is 0 Å². The monoisotopic (exact) mass is 162 g/mol. The molecule has 0 aromatic heterocycles. The van der Waals surface area contributed by atoms with Gasteiger partial charge < -0.3 is 0 Å². The second kappa shape index (κ2) is 6.52. The normalized spacial score (nSPS) is 11.1. The summed E-state index contributed by atoms with van der Waals surface area (Å²) >= 11 is 0.326. The van der Waals surface area contributed by atoms with E-state index in [-0.39, 0.29) is 0 Å². The molecule has 0 spiro atoms. The number of nitrogens with two attached hydrogens (primary N) is 1. The van der Waals surface area contributed by atoms with Crippen molar-refractivity contribution < 1.29 is 0 Å². The Morgan fingerprint density at radius 3 is 2.57 bits per heavy atom. The summed E-state index contributed by atoms with van der Waals surface area (Å²) in [6.45, 7) is 4.64. The molecule has 0 aliphatic rings. The van der Waals surface area contributed by atoms with Crippen molar-refractivity contribution >= 4 is 15.8 Å². The van der Waals surface area contributed by atoms with Crippen LogP contribution in [0.4, 0.5) is 0 Å². The van der Waals surface area contributed by atoms with Crippen LogP contribution in [-0.2, 0) is 0 Å². The zero-order chi connectivity index (χ0) is 5.54. The third-order valence-corrected chi connectivity index (χ3v) is 3.51. The van der Waals surface area contributed by atoms with E-state index in [1.807, 2.05) is 0 Å². The maximum atomic E-state index is 5.28. The molecule has 1 radical (unpaired) electrons. The molecule has 0 aromatic carbocycles. The zero-order valence-corrected chi connectivity index (χ0v) is 6.71. The van der Waals surface area contributed by atoms with Gasteiger partial charge in [-0.1, -0.05) is 0 Å². The third kappa shape index (κ3) is 6.52. The molecule has 0 bridgehead atoms. The van der Waals surface area contributed by atoms with Gasteiger partial charge in [-0.05, 0) is 0 Å². The van der Waals surface area contributed by atoms with Crippen molar-refractivity contribution in [3.8, 4) is 0 Å². The summed E-state index contributed by atoms with van der Waals surface area (Å²) in [6, 6.07) is 0. The molecule has 2 N–H and O–H groups in total. The van der Waals surface area contributed by atoms with Crippen LogP contribution in [0.1, 0.15) is 6.42 Å². The predicted molar refractivity (Wildman–Crippen MR) is 35.8 cm³/mol. The van der Waals surface area contributed by atoms with Gasteiger partial charge in [0.1, 0.15) is 0 Å². The van der Waals surface area contributed by atoms with Gasteiger partial charge in [0.15, 0.2) is 0 Å². The molecule has 0 heterocycles. The Morgan fingerprint density at radius 2 is 2.14 bits per heavy atom. The van der Waals surface area contributed by atoms with Crippen molar-refractivity contribution in [2.24, 2.45) is 5.73 Å². The van der Waals surface area contributed by atoms with Crippen molar-refractivity contribution in [2.75, 3.05) is 6.54 Å². The van der Waals surface area contributed by atoms with E-state index in [9.17, 15) is 0 Å². The van der Waals surface area contributed by atoms with Gasteiger partial charge in [-0.15, -0.1) is 0 Å². The fourth-order valence-electron chi connectivity index (χ4n) is 0.352. The van der Waals surface area contributed by atoms with Gasteiger partial charge in [-0.2, -0.15) is 0 Å². The van der Waals surface area contributed by atoms with E-state index in [0.717, 1.165) is 13.0 Å². The quantitative estimate of drug-likeness (QED) is 0.471. The van der Waals surface area contributed by atoms with E-state index in [1.54, 1.807) is 0 Å². The van der Waals surface area contributed by atoms with Gasteiger partial charge in [0, 0.05) is 0 Å². The van der Waals surface area contributed by atoms with Gasteiger partial charge in [0.25, 0.3) is 0 Å². The Bertz CT molecular complexity index is 27.3. The van der Waals surface area contributed by atoms with E-state index in [4.69, 9.17) is 5.73 Å². The predicted octanol–water partition coefficient (Wildman–Crippen LogP) is 0.442. The first-order chi connectivity index (χ1) is 3.41. The molecule has 1 unspecified atom stereocenters. The van der Waals surface area contributed by atoms with Gasteiger partial charge in [0.2, 0.25) is 0 Å². The van der Waals surface area contributed by atoms with E-state index < -0.39 is 0 Å². The van der Waals surface area contributed by atoms with Crippen LogP contribution < -0.4 is 5.73 Å². The van der Waals surface area contributed by atoms with Crippen LogP contribution >= 0.6 is 0 Å². The van der Waals surface area contributed by atoms with E-state index in [1.165, 1.54) is 10.4 Å². The van der Waals surface area contributed by atoms with E-state index >= 15 is 0 Å². The molecule has 1 nitrogen and oxygen atoms in total. The summed E-state index contributed by atoms with van der Waals surface area (Å²) in [6.07, 6.45) is 1.11. The van der Waals surface area contributed by atoms with Crippen molar-refractivity contribution in [3.63, 3.8) is 0 Å². The molecule has 43 valence electrons. The van der Waals surface area contributed by atoms with Crippen molar-refractivity contribution in [1.29, 1.82) is 0 Å². The SMILES string of the molecule is [CH2]CC[AsH]CCN. The fourth-order valence-corrected chi connectivity index (χ4v) is 1.83. The Hall–Kier alpha value is 0.518. The molecule has 0 rings (SSSR count). The van der Waals surface area contributed by atoms with Crippen LogP contribution in [0.5, 0.6) is 0 Å². The summed E-state index contributed by atoms with van der Waals surface area (Å²) < 4.78 is 0. The number of rotatable bonds is 4. The molecular weight excluding hydrogens is 149 g/mol. The van der Waals surface area contributed by atoms with Crippen LogP contribution in [0.2, 0.25) is 10.4 Å². The Labute approximate surface area is 52.3 Å². The van der Waals surface area contributed by atoms with Crippen molar-refractivity contribution in [3.05, 3.63) is 6.92 Å². The minimum absolute atomic E-state index is 0.326. The van der Waals surface area contributed by atoms with E-state index in [0.29, 0.717) is 15.8 Å². The summed E-state index contributed by atoms with van der Waals surface area (Å²) in [5, 5.41) is 2.65. The molecule has 0 saturated carbocycles.